The second-order valence-corrected chi connectivity index (χ2v) is 6.85. The van der Waals surface area contributed by atoms with Crippen LogP contribution in [0.3, 0.4) is 0 Å². The Balaban J connectivity index is 0.00000280. The molecule has 1 fully saturated rings. The van der Waals surface area contributed by atoms with Gasteiger partial charge in [-0.05, 0) is 36.1 Å². The first-order valence-corrected chi connectivity index (χ1v) is 9.32. The molecule has 0 spiro atoms. The summed E-state index contributed by atoms with van der Waals surface area (Å²) < 4.78 is 5.30. The number of piperidine rings is 1. The molecule has 1 saturated heterocycles. The molecule has 1 heterocycles. The van der Waals surface area contributed by atoms with Gasteiger partial charge in [-0.3, -0.25) is 4.90 Å². The summed E-state index contributed by atoms with van der Waals surface area (Å²) in [5.41, 5.74) is 9.18. The van der Waals surface area contributed by atoms with Gasteiger partial charge in [0.05, 0.1) is 25.4 Å². The molecule has 3 rings (SSSR count). The van der Waals surface area contributed by atoms with Crippen molar-refractivity contribution < 1.29 is 9.84 Å². The molecule has 0 aliphatic carbocycles. The summed E-state index contributed by atoms with van der Waals surface area (Å²) in [5.74, 6) is 1.08. The largest absolute Gasteiger partial charge is 0.495 e. The zero-order chi connectivity index (χ0) is 19.1. The van der Waals surface area contributed by atoms with Crippen LogP contribution in [0, 0.1) is 0 Å². The fraction of sp³-hybridized carbons (Fsp3) is 0.381. The Bertz CT molecular complexity index is 759. The number of hydrogen-bond acceptors (Lipinski definition) is 4. The number of nitrogens with two attached hydrogens (primary N) is 1. The van der Waals surface area contributed by atoms with E-state index in [0.29, 0.717) is 12.5 Å². The van der Waals surface area contributed by atoms with Crippen molar-refractivity contribution in [3.05, 3.63) is 59.7 Å². The summed E-state index contributed by atoms with van der Waals surface area (Å²) in [6, 6.07) is 16.1. The van der Waals surface area contributed by atoms with Gasteiger partial charge in [0, 0.05) is 19.6 Å². The van der Waals surface area contributed by atoms with Crippen LogP contribution in [-0.2, 0) is 13.1 Å². The first-order chi connectivity index (χ1) is 13.1. The van der Waals surface area contributed by atoms with Gasteiger partial charge in [0.2, 0.25) is 0 Å². The quantitative estimate of drug-likeness (QED) is 0.325. The average molecular weight is 496 g/mol. The number of anilines is 1. The molecule has 28 heavy (non-hydrogen) atoms. The van der Waals surface area contributed by atoms with E-state index in [-0.39, 0.29) is 30.1 Å². The van der Waals surface area contributed by atoms with Gasteiger partial charge in [-0.2, -0.15) is 0 Å². The molecule has 4 N–H and O–H groups in total. The van der Waals surface area contributed by atoms with Crippen molar-refractivity contribution in [3.8, 4) is 5.75 Å². The minimum Gasteiger partial charge on any atom is -0.495 e. The standard InChI is InChI=1S/C21H28N4O2.HI/c1-27-20-5-3-2-4-19(20)24-21(22)23-14-16-6-8-17(9-7-16)15-25-12-10-18(26)11-13-25;/h2-9,18,26H,10-15H2,1H3,(H3,22,23,24);1H. The fourth-order valence-corrected chi connectivity index (χ4v) is 3.19. The predicted octanol–water partition coefficient (Wildman–Crippen LogP) is 3.20. The van der Waals surface area contributed by atoms with Gasteiger partial charge in [0.1, 0.15) is 5.75 Å². The summed E-state index contributed by atoms with van der Waals surface area (Å²) in [6.07, 6.45) is 1.60. The molecular weight excluding hydrogens is 467 g/mol. The Labute approximate surface area is 183 Å². The van der Waals surface area contributed by atoms with E-state index in [0.717, 1.165) is 49.5 Å². The highest BCUT2D eigenvalue weighted by Crippen LogP contribution is 2.22. The summed E-state index contributed by atoms with van der Waals surface area (Å²) in [7, 11) is 1.63. The van der Waals surface area contributed by atoms with E-state index in [2.05, 4.69) is 39.5 Å². The van der Waals surface area contributed by atoms with Crippen LogP contribution in [0.2, 0.25) is 0 Å². The minimum absolute atomic E-state index is 0. The van der Waals surface area contributed by atoms with Crippen molar-refractivity contribution in [2.75, 3.05) is 25.5 Å². The molecule has 0 aromatic heterocycles. The lowest BCUT2D eigenvalue weighted by atomic mass is 10.1. The molecule has 7 heteroatoms. The molecule has 1 aliphatic heterocycles. The van der Waals surface area contributed by atoms with E-state index < -0.39 is 0 Å². The van der Waals surface area contributed by atoms with Gasteiger partial charge in [0.25, 0.3) is 0 Å². The fourth-order valence-electron chi connectivity index (χ4n) is 3.19. The second kappa shape index (κ2) is 11.2. The zero-order valence-corrected chi connectivity index (χ0v) is 18.5. The molecule has 152 valence electrons. The number of aliphatic hydroxyl groups is 1. The number of hydrogen-bond donors (Lipinski definition) is 3. The van der Waals surface area contributed by atoms with Crippen molar-refractivity contribution in [1.82, 2.24) is 4.90 Å². The third kappa shape index (κ3) is 6.65. The number of nitrogens with one attached hydrogen (secondary N) is 1. The minimum atomic E-state index is -0.128. The lowest BCUT2D eigenvalue weighted by molar-refractivity contribution is 0.0792. The lowest BCUT2D eigenvalue weighted by Crippen LogP contribution is -2.35. The SMILES string of the molecule is COc1ccccc1NC(N)=NCc1ccc(CN2CCC(O)CC2)cc1.I. The first-order valence-electron chi connectivity index (χ1n) is 9.32. The number of likely N-dealkylation sites (tertiary alicyclic amines) is 1. The van der Waals surface area contributed by atoms with Crippen LogP contribution < -0.4 is 15.8 Å². The summed E-state index contributed by atoms with van der Waals surface area (Å²) >= 11 is 0. The van der Waals surface area contributed by atoms with Crippen LogP contribution in [0.15, 0.2) is 53.5 Å². The van der Waals surface area contributed by atoms with E-state index in [1.165, 1.54) is 5.56 Å². The van der Waals surface area contributed by atoms with Crippen molar-refractivity contribution in [3.63, 3.8) is 0 Å². The maximum Gasteiger partial charge on any atom is 0.193 e. The molecule has 6 nitrogen and oxygen atoms in total. The van der Waals surface area contributed by atoms with Crippen LogP contribution in [0.1, 0.15) is 24.0 Å². The van der Waals surface area contributed by atoms with Crippen molar-refractivity contribution in [2.45, 2.75) is 32.0 Å². The first kappa shape index (κ1) is 22.4. The molecule has 0 saturated carbocycles. The normalized spacial score (nSPS) is 15.7. The predicted molar refractivity (Wildman–Crippen MR) is 124 cm³/mol. The van der Waals surface area contributed by atoms with Crippen molar-refractivity contribution in [1.29, 1.82) is 0 Å². The number of halogens is 1. The van der Waals surface area contributed by atoms with Crippen LogP contribution in [0.4, 0.5) is 5.69 Å². The Kier molecular flexibility index (Phi) is 9.01. The van der Waals surface area contributed by atoms with Gasteiger partial charge in [-0.25, -0.2) is 4.99 Å². The van der Waals surface area contributed by atoms with Gasteiger partial charge >= 0.3 is 0 Å². The number of aliphatic hydroxyl groups excluding tert-OH is 1. The van der Waals surface area contributed by atoms with E-state index in [9.17, 15) is 5.11 Å². The molecule has 0 bridgehead atoms. The number of ether oxygens (including phenoxy) is 1. The van der Waals surface area contributed by atoms with Crippen LogP contribution >= 0.6 is 24.0 Å². The molecule has 0 amide bonds. The number of benzene rings is 2. The molecule has 0 radical (unpaired) electrons. The Morgan fingerprint density at radius 2 is 1.79 bits per heavy atom. The smallest absolute Gasteiger partial charge is 0.193 e. The van der Waals surface area contributed by atoms with Gasteiger partial charge < -0.3 is 20.9 Å². The molecular formula is C21H29IN4O2. The number of methoxy groups -OCH3 is 1. The van der Waals surface area contributed by atoms with Gasteiger partial charge in [-0.15, -0.1) is 24.0 Å². The van der Waals surface area contributed by atoms with Crippen molar-refractivity contribution >= 4 is 35.6 Å². The highest BCUT2D eigenvalue weighted by Gasteiger charge is 2.16. The monoisotopic (exact) mass is 496 g/mol. The highest BCUT2D eigenvalue weighted by molar-refractivity contribution is 14.0. The van der Waals surface area contributed by atoms with E-state index in [4.69, 9.17) is 10.5 Å². The third-order valence-electron chi connectivity index (χ3n) is 4.79. The zero-order valence-electron chi connectivity index (χ0n) is 16.2. The second-order valence-electron chi connectivity index (χ2n) is 6.85. The van der Waals surface area contributed by atoms with Gasteiger partial charge in [0.15, 0.2) is 5.96 Å². The Morgan fingerprint density at radius 1 is 1.14 bits per heavy atom. The Morgan fingerprint density at radius 3 is 2.46 bits per heavy atom. The number of guanidine groups is 1. The number of para-hydroxylation sites is 2. The molecule has 2 aromatic carbocycles. The number of nitrogens with zero attached hydrogens (tertiary/aromatic N) is 2. The maximum absolute atomic E-state index is 9.59. The molecule has 2 aromatic rings. The van der Waals surface area contributed by atoms with E-state index in [1.807, 2.05) is 24.3 Å². The summed E-state index contributed by atoms with van der Waals surface area (Å²) in [5, 5.41) is 12.7. The Hall–Kier alpha value is -1.84. The van der Waals surface area contributed by atoms with Crippen LogP contribution in [-0.4, -0.2) is 42.3 Å². The van der Waals surface area contributed by atoms with Crippen LogP contribution in [0.25, 0.3) is 0 Å². The van der Waals surface area contributed by atoms with E-state index >= 15 is 0 Å². The lowest BCUT2D eigenvalue weighted by Gasteiger charge is -2.29. The molecule has 0 unspecified atom stereocenters. The van der Waals surface area contributed by atoms with Crippen LogP contribution in [0.5, 0.6) is 5.75 Å². The molecule has 0 atom stereocenters. The molecule has 1 aliphatic rings. The number of rotatable bonds is 6. The topological polar surface area (TPSA) is 83.1 Å². The highest BCUT2D eigenvalue weighted by atomic mass is 127. The average Bonchev–Trinajstić information content (AvgIpc) is 2.69. The maximum atomic E-state index is 9.59. The number of aliphatic imine (C=N–C) groups is 1. The van der Waals surface area contributed by atoms with E-state index in [1.54, 1.807) is 7.11 Å². The van der Waals surface area contributed by atoms with Gasteiger partial charge in [-0.1, -0.05) is 36.4 Å². The summed E-state index contributed by atoms with van der Waals surface area (Å²) in [6.45, 7) is 3.36. The summed E-state index contributed by atoms with van der Waals surface area (Å²) in [4.78, 5) is 6.79. The third-order valence-corrected chi connectivity index (χ3v) is 4.79. The van der Waals surface area contributed by atoms with Crippen molar-refractivity contribution in [2.24, 2.45) is 10.7 Å².